The van der Waals surface area contributed by atoms with Gasteiger partial charge in [-0.15, -0.1) is 0 Å². The number of nitrogen functional groups attached to an aromatic ring is 1. The molecule has 176 valence electrons. The van der Waals surface area contributed by atoms with Gasteiger partial charge in [-0.05, 0) is 73.9 Å². The number of nitrogens with two attached hydrogens (primary N) is 1. The third-order valence-electron chi connectivity index (χ3n) is 7.08. The Morgan fingerprint density at radius 2 is 1.88 bits per heavy atom. The van der Waals surface area contributed by atoms with E-state index < -0.39 is 0 Å². The van der Waals surface area contributed by atoms with Gasteiger partial charge in [-0.3, -0.25) is 14.8 Å². The zero-order valence-electron chi connectivity index (χ0n) is 19.0. The fraction of sp³-hybridized carbons (Fsp3) is 0.462. The molecule has 4 rings (SSSR count). The van der Waals surface area contributed by atoms with Crippen LogP contribution >= 0.6 is 0 Å². The SMILES string of the molecule is Nc1ccc(CN2C(=O)[C@@H](NCCC3CCC[C@H](C(=O)NO)C3)CCc3ccccc32)cc1. The maximum Gasteiger partial charge on any atom is 0.246 e. The minimum atomic E-state index is -0.275. The van der Waals surface area contributed by atoms with E-state index in [-0.39, 0.29) is 23.8 Å². The molecular formula is C26H34N4O3. The number of aryl methyl sites for hydroxylation is 1. The Morgan fingerprint density at radius 3 is 2.67 bits per heavy atom. The third kappa shape index (κ3) is 5.72. The van der Waals surface area contributed by atoms with Crippen molar-refractivity contribution in [3.05, 3.63) is 59.7 Å². The molecule has 0 radical (unpaired) electrons. The van der Waals surface area contributed by atoms with E-state index >= 15 is 0 Å². The topological polar surface area (TPSA) is 108 Å². The summed E-state index contributed by atoms with van der Waals surface area (Å²) < 4.78 is 0. The van der Waals surface area contributed by atoms with E-state index in [0.29, 0.717) is 18.2 Å². The molecule has 1 unspecified atom stereocenters. The van der Waals surface area contributed by atoms with Crippen molar-refractivity contribution in [3.63, 3.8) is 0 Å². The van der Waals surface area contributed by atoms with Gasteiger partial charge in [-0.1, -0.05) is 43.2 Å². The Balaban J connectivity index is 1.41. The number of carbonyl (C=O) groups excluding carboxylic acids is 2. The summed E-state index contributed by atoms with van der Waals surface area (Å²) in [7, 11) is 0. The first-order valence-electron chi connectivity index (χ1n) is 12.0. The van der Waals surface area contributed by atoms with Crippen LogP contribution in [0.25, 0.3) is 0 Å². The molecule has 33 heavy (non-hydrogen) atoms. The summed E-state index contributed by atoms with van der Waals surface area (Å²) in [5, 5.41) is 12.4. The summed E-state index contributed by atoms with van der Waals surface area (Å²) in [4.78, 5) is 27.3. The molecule has 0 saturated heterocycles. The smallest absolute Gasteiger partial charge is 0.246 e. The predicted octanol–water partition coefficient (Wildman–Crippen LogP) is 3.41. The molecule has 1 heterocycles. The van der Waals surface area contributed by atoms with Crippen molar-refractivity contribution in [3.8, 4) is 0 Å². The second-order valence-corrected chi connectivity index (χ2v) is 9.33. The lowest BCUT2D eigenvalue weighted by Gasteiger charge is -2.29. The highest BCUT2D eigenvalue weighted by Crippen LogP contribution is 2.32. The second kappa shape index (κ2) is 10.8. The minimum Gasteiger partial charge on any atom is -0.399 e. The zero-order valence-corrected chi connectivity index (χ0v) is 19.0. The van der Waals surface area contributed by atoms with Crippen LogP contribution in [0.15, 0.2) is 48.5 Å². The Labute approximate surface area is 195 Å². The van der Waals surface area contributed by atoms with Crippen LogP contribution in [0.4, 0.5) is 11.4 Å². The van der Waals surface area contributed by atoms with Gasteiger partial charge < -0.3 is 16.0 Å². The van der Waals surface area contributed by atoms with Gasteiger partial charge >= 0.3 is 0 Å². The largest absolute Gasteiger partial charge is 0.399 e. The predicted molar refractivity (Wildman–Crippen MR) is 129 cm³/mol. The van der Waals surface area contributed by atoms with Gasteiger partial charge in [0.2, 0.25) is 11.8 Å². The Bertz CT molecular complexity index is 962. The second-order valence-electron chi connectivity index (χ2n) is 9.33. The van der Waals surface area contributed by atoms with E-state index in [1.807, 2.05) is 47.4 Å². The summed E-state index contributed by atoms with van der Waals surface area (Å²) >= 11 is 0. The van der Waals surface area contributed by atoms with E-state index in [0.717, 1.165) is 62.7 Å². The van der Waals surface area contributed by atoms with E-state index in [1.165, 1.54) is 5.56 Å². The molecule has 1 aliphatic carbocycles. The molecular weight excluding hydrogens is 416 g/mol. The summed E-state index contributed by atoms with van der Waals surface area (Å²) in [6, 6.07) is 15.6. The molecule has 1 saturated carbocycles. The van der Waals surface area contributed by atoms with Gasteiger partial charge in [0, 0.05) is 17.3 Å². The van der Waals surface area contributed by atoms with Crippen molar-refractivity contribution in [1.29, 1.82) is 0 Å². The van der Waals surface area contributed by atoms with Gasteiger partial charge in [0.15, 0.2) is 0 Å². The van der Waals surface area contributed by atoms with Crippen LogP contribution < -0.4 is 21.4 Å². The highest BCUT2D eigenvalue weighted by atomic mass is 16.5. The van der Waals surface area contributed by atoms with Crippen molar-refractivity contribution in [1.82, 2.24) is 10.8 Å². The number of para-hydroxylation sites is 1. The molecule has 7 nitrogen and oxygen atoms in total. The lowest BCUT2D eigenvalue weighted by Crippen LogP contribution is -2.46. The number of rotatable bonds is 7. The Hall–Kier alpha value is -2.90. The molecule has 0 spiro atoms. The van der Waals surface area contributed by atoms with E-state index in [1.54, 1.807) is 5.48 Å². The normalized spacial score (nSPS) is 23.0. The van der Waals surface area contributed by atoms with Crippen LogP contribution in [0.3, 0.4) is 0 Å². The summed E-state index contributed by atoms with van der Waals surface area (Å²) in [6.45, 7) is 1.25. The molecule has 2 aliphatic rings. The molecule has 0 bridgehead atoms. The number of fused-ring (bicyclic) bond motifs is 1. The van der Waals surface area contributed by atoms with Crippen LogP contribution in [-0.2, 0) is 22.6 Å². The maximum atomic E-state index is 13.6. The number of hydrogen-bond acceptors (Lipinski definition) is 5. The third-order valence-corrected chi connectivity index (χ3v) is 7.08. The molecule has 2 amide bonds. The van der Waals surface area contributed by atoms with E-state index in [2.05, 4.69) is 11.4 Å². The average Bonchev–Trinajstić information content (AvgIpc) is 2.97. The highest BCUT2D eigenvalue weighted by molar-refractivity contribution is 5.98. The zero-order chi connectivity index (χ0) is 23.2. The standard InChI is InChI=1S/C26H34N4O3/c27-22-11-8-19(9-12-22)17-30-24-7-2-1-5-20(24)10-13-23(26(30)32)28-15-14-18-4-3-6-21(16-18)25(31)29-33/h1-2,5,7-9,11-12,18,21,23,28,33H,3-4,6,10,13-17,27H2,(H,29,31)/t18?,21-,23-/m0/s1. The lowest BCUT2D eigenvalue weighted by molar-refractivity contribution is -0.134. The fourth-order valence-electron chi connectivity index (χ4n) is 5.22. The fourth-order valence-corrected chi connectivity index (χ4v) is 5.22. The number of benzene rings is 2. The number of carbonyl (C=O) groups is 2. The summed E-state index contributed by atoms with van der Waals surface area (Å²) in [6.07, 6.45) is 6.23. The number of anilines is 2. The first-order valence-corrected chi connectivity index (χ1v) is 12.0. The molecule has 3 atom stereocenters. The molecule has 2 aromatic carbocycles. The van der Waals surface area contributed by atoms with Crippen LogP contribution in [0, 0.1) is 11.8 Å². The molecule has 5 N–H and O–H groups in total. The monoisotopic (exact) mass is 450 g/mol. The van der Waals surface area contributed by atoms with Crippen molar-refractivity contribution < 1.29 is 14.8 Å². The van der Waals surface area contributed by atoms with Crippen LogP contribution in [0.2, 0.25) is 0 Å². The first-order chi connectivity index (χ1) is 16.0. The summed E-state index contributed by atoms with van der Waals surface area (Å²) in [5.74, 6) is 0.135. The first kappa shape index (κ1) is 23.3. The minimum absolute atomic E-state index is 0.0953. The van der Waals surface area contributed by atoms with Crippen molar-refractivity contribution in [2.24, 2.45) is 11.8 Å². The quantitative estimate of drug-likeness (QED) is 0.294. The maximum absolute atomic E-state index is 13.6. The number of hydrogen-bond donors (Lipinski definition) is 4. The Kier molecular flexibility index (Phi) is 7.62. The van der Waals surface area contributed by atoms with Crippen LogP contribution in [0.1, 0.15) is 49.7 Å². The number of hydroxylamine groups is 1. The van der Waals surface area contributed by atoms with Crippen LogP contribution in [0.5, 0.6) is 0 Å². The molecule has 1 aliphatic heterocycles. The van der Waals surface area contributed by atoms with Gasteiger partial charge in [0.1, 0.15) is 0 Å². The Morgan fingerprint density at radius 1 is 1.09 bits per heavy atom. The number of amides is 2. The van der Waals surface area contributed by atoms with Gasteiger partial charge in [-0.2, -0.15) is 0 Å². The summed E-state index contributed by atoms with van der Waals surface area (Å²) in [5.41, 5.74) is 11.6. The molecule has 7 heteroatoms. The molecule has 2 aromatic rings. The molecule has 1 fully saturated rings. The van der Waals surface area contributed by atoms with Crippen LogP contribution in [-0.4, -0.2) is 29.6 Å². The van der Waals surface area contributed by atoms with E-state index in [4.69, 9.17) is 10.9 Å². The lowest BCUT2D eigenvalue weighted by atomic mass is 9.79. The van der Waals surface area contributed by atoms with Gasteiger partial charge in [0.05, 0.1) is 12.6 Å². The number of nitrogens with one attached hydrogen (secondary N) is 2. The van der Waals surface area contributed by atoms with Gasteiger partial charge in [0.25, 0.3) is 0 Å². The highest BCUT2D eigenvalue weighted by Gasteiger charge is 2.31. The van der Waals surface area contributed by atoms with Gasteiger partial charge in [-0.25, -0.2) is 5.48 Å². The average molecular weight is 451 g/mol. The van der Waals surface area contributed by atoms with Crippen molar-refractivity contribution in [2.75, 3.05) is 17.2 Å². The van der Waals surface area contributed by atoms with E-state index in [9.17, 15) is 9.59 Å². The van der Waals surface area contributed by atoms with Crippen molar-refractivity contribution >= 4 is 23.2 Å². The van der Waals surface area contributed by atoms with Crippen molar-refractivity contribution in [2.45, 2.75) is 57.5 Å². The molecule has 0 aromatic heterocycles. The number of nitrogens with zero attached hydrogens (tertiary/aromatic N) is 1.